The van der Waals surface area contributed by atoms with Gasteiger partial charge in [-0.3, -0.25) is 20.4 Å². The van der Waals surface area contributed by atoms with Crippen LogP contribution in [0.2, 0.25) is 0 Å². The third kappa shape index (κ3) is 22.5. The lowest BCUT2D eigenvalue weighted by molar-refractivity contribution is -0.136. The molecule has 0 aliphatic heterocycles. The zero-order chi connectivity index (χ0) is 13.1. The molecule has 0 atom stereocenters. The van der Waals surface area contributed by atoms with E-state index in [4.69, 9.17) is 32.5 Å². The molecule has 16 heavy (non-hydrogen) atoms. The maximum Gasteiger partial charge on any atom is 0.322 e. The Hall–Kier alpha value is -2.52. The highest BCUT2D eigenvalue weighted by atomic mass is 16.4. The second-order valence-electron chi connectivity index (χ2n) is 2.32. The van der Waals surface area contributed by atoms with E-state index in [0.29, 0.717) is 0 Å². The van der Waals surface area contributed by atoms with Crippen molar-refractivity contribution >= 4 is 23.9 Å². The summed E-state index contributed by atoms with van der Waals surface area (Å²) in [6.07, 6.45) is 0. The van der Waals surface area contributed by atoms with Gasteiger partial charge >= 0.3 is 11.9 Å². The molecule has 0 saturated carbocycles. The number of aliphatic carboxylic acids is 2. The summed E-state index contributed by atoms with van der Waals surface area (Å²) in [6, 6.07) is 0. The Morgan fingerprint density at radius 1 is 0.938 bits per heavy atom. The third-order valence-corrected chi connectivity index (χ3v) is 0.860. The van der Waals surface area contributed by atoms with Gasteiger partial charge in [0, 0.05) is 0 Å². The van der Waals surface area contributed by atoms with Gasteiger partial charge < -0.3 is 32.3 Å². The van der Waals surface area contributed by atoms with Crippen molar-refractivity contribution in [2.75, 3.05) is 13.1 Å². The first-order chi connectivity index (χ1) is 7.25. The summed E-state index contributed by atoms with van der Waals surface area (Å²) in [7, 11) is 0. The van der Waals surface area contributed by atoms with Crippen LogP contribution in [0.3, 0.4) is 0 Å². The largest absolute Gasteiger partial charge is 0.480 e. The summed E-state index contributed by atoms with van der Waals surface area (Å²) in [5, 5.41) is 33.1. The van der Waals surface area contributed by atoms with Gasteiger partial charge in [0.15, 0.2) is 11.9 Å². The van der Waals surface area contributed by atoms with Gasteiger partial charge in [-0.15, -0.1) is 0 Å². The molecule has 10 N–H and O–H groups in total. The Labute approximate surface area is 90.6 Å². The minimum atomic E-state index is -1.03. The predicted molar refractivity (Wildman–Crippen MR) is 55.1 cm³/mol. The highest BCUT2D eigenvalue weighted by Gasteiger charge is 1.93. The van der Waals surface area contributed by atoms with Crippen LogP contribution < -0.4 is 22.1 Å². The zero-order valence-corrected chi connectivity index (χ0v) is 8.28. The molecular formula is C6H14N6O4. The van der Waals surface area contributed by atoms with Crippen LogP contribution in [0.5, 0.6) is 0 Å². The lowest BCUT2D eigenvalue weighted by Gasteiger charge is -1.95. The maximum atomic E-state index is 9.69. The van der Waals surface area contributed by atoms with Crippen molar-refractivity contribution in [2.45, 2.75) is 0 Å². The molecule has 0 aromatic rings. The van der Waals surface area contributed by atoms with E-state index in [1.54, 1.807) is 0 Å². The quantitative estimate of drug-likeness (QED) is 0.187. The van der Waals surface area contributed by atoms with Crippen LogP contribution in [-0.4, -0.2) is 47.2 Å². The van der Waals surface area contributed by atoms with Crippen molar-refractivity contribution in [1.29, 1.82) is 10.8 Å². The Bertz CT molecular complexity index is 222. The topological polar surface area (TPSA) is 198 Å². The number of rotatable bonds is 4. The Morgan fingerprint density at radius 2 is 1.19 bits per heavy atom. The summed E-state index contributed by atoms with van der Waals surface area (Å²) in [5.74, 6) is -2.71. The molecule has 10 nitrogen and oxygen atoms in total. The van der Waals surface area contributed by atoms with Crippen molar-refractivity contribution < 1.29 is 19.8 Å². The van der Waals surface area contributed by atoms with Crippen molar-refractivity contribution in [3.8, 4) is 0 Å². The Morgan fingerprint density at radius 3 is 1.25 bits per heavy atom. The van der Waals surface area contributed by atoms with Crippen LogP contribution in [-0.2, 0) is 9.59 Å². The van der Waals surface area contributed by atoms with Crippen LogP contribution in [0.4, 0.5) is 0 Å². The first-order valence-electron chi connectivity index (χ1n) is 3.85. The minimum absolute atomic E-state index is 0.296. The van der Waals surface area contributed by atoms with E-state index in [1.165, 1.54) is 0 Å². The van der Waals surface area contributed by atoms with E-state index in [2.05, 4.69) is 10.6 Å². The van der Waals surface area contributed by atoms with Gasteiger partial charge in [-0.25, -0.2) is 0 Å². The van der Waals surface area contributed by atoms with Gasteiger partial charge in [0.1, 0.15) is 13.1 Å². The van der Waals surface area contributed by atoms with Crippen LogP contribution >= 0.6 is 0 Å². The lowest BCUT2D eigenvalue weighted by Crippen LogP contribution is -2.34. The van der Waals surface area contributed by atoms with Gasteiger partial charge in [-0.1, -0.05) is 0 Å². The Balaban J connectivity index is 0. The van der Waals surface area contributed by atoms with Gasteiger partial charge in [-0.2, -0.15) is 0 Å². The molecule has 0 radical (unpaired) electrons. The van der Waals surface area contributed by atoms with E-state index in [-0.39, 0.29) is 25.0 Å². The molecule has 0 rings (SSSR count). The molecule has 92 valence electrons. The number of hydrogen-bond acceptors (Lipinski definition) is 4. The first-order valence-corrected chi connectivity index (χ1v) is 3.85. The van der Waals surface area contributed by atoms with Crippen LogP contribution in [0.25, 0.3) is 0 Å². The van der Waals surface area contributed by atoms with Crippen LogP contribution in [0, 0.1) is 10.8 Å². The summed E-state index contributed by atoms with van der Waals surface area (Å²) < 4.78 is 0. The number of nitrogens with one attached hydrogen (secondary N) is 4. The molecular weight excluding hydrogens is 220 g/mol. The molecule has 10 heteroatoms. The third-order valence-electron chi connectivity index (χ3n) is 0.860. The molecule has 0 unspecified atom stereocenters. The van der Waals surface area contributed by atoms with Crippen LogP contribution in [0.15, 0.2) is 0 Å². The number of guanidine groups is 2. The summed E-state index contributed by atoms with van der Waals surface area (Å²) in [5.41, 5.74) is 9.50. The fourth-order valence-electron chi connectivity index (χ4n) is 0.342. The average molecular weight is 234 g/mol. The monoisotopic (exact) mass is 234 g/mol. The standard InChI is InChI=1S/2C3H7N3O2/c2*4-3(5)6-1-2(7)8/h2*1H2,(H,7,8)(H4,4,5,6). The normalized spacial score (nSPS) is 8.00. The molecule has 0 saturated heterocycles. The molecule has 0 aliphatic carbocycles. The van der Waals surface area contributed by atoms with E-state index in [9.17, 15) is 9.59 Å². The van der Waals surface area contributed by atoms with Gasteiger partial charge in [0.2, 0.25) is 0 Å². The molecule has 0 bridgehead atoms. The summed E-state index contributed by atoms with van der Waals surface area (Å²) in [6.45, 7) is -0.593. The first kappa shape index (κ1) is 15.9. The zero-order valence-electron chi connectivity index (χ0n) is 8.28. The fraction of sp³-hybridized carbons (Fsp3) is 0.333. The van der Waals surface area contributed by atoms with Gasteiger partial charge in [-0.05, 0) is 0 Å². The van der Waals surface area contributed by atoms with Gasteiger partial charge in [0.25, 0.3) is 0 Å². The number of carboxylic acid groups (broad SMARTS) is 2. The summed E-state index contributed by atoms with van der Waals surface area (Å²) in [4.78, 5) is 19.4. The lowest BCUT2D eigenvalue weighted by atomic mass is 10.6. The molecule has 0 heterocycles. The van der Waals surface area contributed by atoms with Crippen molar-refractivity contribution in [2.24, 2.45) is 11.5 Å². The highest BCUT2D eigenvalue weighted by Crippen LogP contribution is 1.56. The number of hydrogen-bond donors (Lipinski definition) is 8. The second kappa shape index (κ2) is 9.05. The average Bonchev–Trinajstić information content (AvgIpc) is 2.12. The number of carbonyl (C=O) groups is 2. The molecule has 0 amide bonds. The highest BCUT2D eigenvalue weighted by molar-refractivity contribution is 5.80. The second-order valence-corrected chi connectivity index (χ2v) is 2.32. The number of carboxylic acids is 2. The maximum absolute atomic E-state index is 9.69. The van der Waals surface area contributed by atoms with E-state index >= 15 is 0 Å². The van der Waals surface area contributed by atoms with E-state index in [1.807, 2.05) is 0 Å². The van der Waals surface area contributed by atoms with Gasteiger partial charge in [0.05, 0.1) is 0 Å². The van der Waals surface area contributed by atoms with Crippen LogP contribution in [0.1, 0.15) is 0 Å². The molecule has 0 aliphatic rings. The smallest absolute Gasteiger partial charge is 0.322 e. The Kier molecular flexibility index (Phi) is 9.01. The number of nitrogens with two attached hydrogens (primary N) is 2. The van der Waals surface area contributed by atoms with Crippen molar-refractivity contribution in [3.63, 3.8) is 0 Å². The molecule has 0 spiro atoms. The molecule has 0 fully saturated rings. The SMILES string of the molecule is N=C(N)NCC(=O)O.N=C(N)NCC(=O)O. The molecule has 0 aromatic carbocycles. The fourth-order valence-corrected chi connectivity index (χ4v) is 0.342. The molecule has 0 aromatic heterocycles. The predicted octanol–water partition coefficient (Wildman–Crippen LogP) is -2.89. The summed E-state index contributed by atoms with van der Waals surface area (Å²) >= 11 is 0. The van der Waals surface area contributed by atoms with Crippen molar-refractivity contribution in [3.05, 3.63) is 0 Å². The minimum Gasteiger partial charge on any atom is -0.480 e. The van der Waals surface area contributed by atoms with E-state index < -0.39 is 11.9 Å². The van der Waals surface area contributed by atoms with E-state index in [0.717, 1.165) is 0 Å². The van der Waals surface area contributed by atoms with Crippen molar-refractivity contribution in [1.82, 2.24) is 10.6 Å².